The number of amidine groups is 1. The Balaban J connectivity index is 0.636. The number of rotatable bonds is 4. The Hall–Kier alpha value is -3.96. The normalized spacial score (nSPS) is 26.5. The maximum absolute atomic E-state index is 13.6. The van der Waals surface area contributed by atoms with Crippen molar-refractivity contribution < 1.29 is 19.4 Å². The van der Waals surface area contributed by atoms with Crippen molar-refractivity contribution >= 4 is 40.6 Å². The van der Waals surface area contributed by atoms with Gasteiger partial charge in [-0.1, -0.05) is 55.1 Å². The first-order valence-corrected chi connectivity index (χ1v) is 23.8. The second kappa shape index (κ2) is 14.3. The molecule has 0 aromatic heterocycles. The van der Waals surface area contributed by atoms with Crippen molar-refractivity contribution in [1.82, 2.24) is 19.6 Å². The molecule has 2 aliphatic carbocycles. The molecule has 5 fully saturated rings. The second-order valence-electron chi connectivity index (χ2n) is 20.5. The van der Waals surface area contributed by atoms with Crippen LogP contribution >= 0.6 is 11.6 Å². The summed E-state index contributed by atoms with van der Waals surface area (Å²) in [6.07, 6.45) is 14.0. The largest absolute Gasteiger partial charge is 0.492 e. The molecule has 12 rings (SSSR count). The van der Waals surface area contributed by atoms with Crippen molar-refractivity contribution in [2.75, 3.05) is 64.4 Å². The van der Waals surface area contributed by atoms with E-state index in [0.717, 1.165) is 126 Å². The highest BCUT2D eigenvalue weighted by Gasteiger charge is 2.53. The molecule has 7 aliphatic heterocycles. The SMILES string of the molecule is CN1Cc2c(ccc3c2OCC32CCN(C3CCC4(CC3)CN(C(=O)CN3CCC(c5ccc6c(c5)C5(CCCCC5)C5=NC(O)c7c(Cl)cccc7N56)CC3)C4)CC2)C1=O. The summed E-state index contributed by atoms with van der Waals surface area (Å²) >= 11 is 6.64. The fourth-order valence-electron chi connectivity index (χ4n) is 13.7. The predicted octanol–water partition coefficient (Wildman–Crippen LogP) is 8.06. The van der Waals surface area contributed by atoms with Gasteiger partial charge in [-0.2, -0.15) is 0 Å². The average molecular weight is 844 g/mol. The van der Waals surface area contributed by atoms with Crippen LogP contribution in [0.15, 0.2) is 53.5 Å². The Bertz CT molecular complexity index is 2330. The molecule has 1 unspecified atom stereocenters. The van der Waals surface area contributed by atoms with Gasteiger partial charge in [0, 0.05) is 59.3 Å². The number of aliphatic hydroxyl groups excluding tert-OH is 1. The van der Waals surface area contributed by atoms with Gasteiger partial charge in [-0.25, -0.2) is 4.99 Å². The van der Waals surface area contributed by atoms with Gasteiger partial charge in [-0.15, -0.1) is 0 Å². The van der Waals surface area contributed by atoms with Crippen LogP contribution in [0.2, 0.25) is 5.02 Å². The quantitative estimate of drug-likeness (QED) is 0.284. The van der Waals surface area contributed by atoms with Gasteiger partial charge in [0.05, 0.1) is 41.5 Å². The molecular weight excluding hydrogens is 784 g/mol. The van der Waals surface area contributed by atoms with Crippen LogP contribution < -0.4 is 9.64 Å². The lowest BCUT2D eigenvalue weighted by atomic mass is 9.66. The Morgan fingerprint density at radius 3 is 2.43 bits per heavy atom. The van der Waals surface area contributed by atoms with Gasteiger partial charge >= 0.3 is 0 Å². The zero-order valence-electron chi connectivity index (χ0n) is 35.6. The minimum atomic E-state index is -0.946. The molecule has 0 bridgehead atoms. The van der Waals surface area contributed by atoms with Gasteiger partial charge in [0.25, 0.3) is 5.91 Å². The van der Waals surface area contributed by atoms with Gasteiger partial charge < -0.3 is 24.5 Å². The molecule has 2 saturated carbocycles. The van der Waals surface area contributed by atoms with Crippen LogP contribution in [0.4, 0.5) is 11.4 Å². The van der Waals surface area contributed by atoms with E-state index in [2.05, 4.69) is 49.9 Å². The first kappa shape index (κ1) is 38.7. The van der Waals surface area contributed by atoms with E-state index < -0.39 is 6.23 Å². The van der Waals surface area contributed by atoms with Crippen molar-refractivity contribution in [3.8, 4) is 5.75 Å². The molecule has 0 radical (unpaired) electrons. The lowest BCUT2D eigenvalue weighted by Crippen LogP contribution is -2.62. The summed E-state index contributed by atoms with van der Waals surface area (Å²) in [5.41, 5.74) is 9.07. The molecule has 7 heterocycles. The third-order valence-corrected chi connectivity index (χ3v) is 17.6. The van der Waals surface area contributed by atoms with E-state index in [4.69, 9.17) is 21.3 Å². The summed E-state index contributed by atoms with van der Waals surface area (Å²) in [6.45, 7) is 7.91. The molecule has 3 aromatic carbocycles. The fourth-order valence-corrected chi connectivity index (χ4v) is 14.0. The molecule has 2 amide bonds. The molecule has 1 atom stereocenters. The molecule has 10 nitrogen and oxygen atoms in total. The average Bonchev–Trinajstić information content (AvgIpc) is 3.87. The number of halogens is 1. The number of carbonyl (C=O) groups excluding carboxylic acids is 2. The van der Waals surface area contributed by atoms with Gasteiger partial charge in [-0.05, 0) is 132 Å². The number of carbonyl (C=O) groups is 2. The lowest BCUT2D eigenvalue weighted by Gasteiger charge is -2.55. The Labute approximate surface area is 364 Å². The van der Waals surface area contributed by atoms with Crippen LogP contribution in [0.1, 0.15) is 134 Å². The summed E-state index contributed by atoms with van der Waals surface area (Å²) in [6, 6.07) is 17.9. The van der Waals surface area contributed by atoms with Crippen molar-refractivity contribution in [1.29, 1.82) is 0 Å². The minimum Gasteiger partial charge on any atom is -0.492 e. The number of benzene rings is 3. The van der Waals surface area contributed by atoms with Crippen LogP contribution in [0.25, 0.3) is 0 Å². The highest BCUT2D eigenvalue weighted by molar-refractivity contribution is 6.32. The maximum Gasteiger partial charge on any atom is 0.254 e. The van der Waals surface area contributed by atoms with Crippen LogP contribution in [-0.2, 0) is 22.2 Å². The number of piperidine rings is 2. The number of amides is 2. The first-order valence-electron chi connectivity index (χ1n) is 23.4. The molecule has 61 heavy (non-hydrogen) atoms. The molecule has 3 aromatic rings. The second-order valence-corrected chi connectivity index (χ2v) is 20.9. The summed E-state index contributed by atoms with van der Waals surface area (Å²) in [5.74, 6) is 2.87. The lowest BCUT2D eigenvalue weighted by molar-refractivity contribution is -0.148. The van der Waals surface area contributed by atoms with Crippen LogP contribution in [0, 0.1) is 5.41 Å². The van der Waals surface area contributed by atoms with Gasteiger partial charge in [-0.3, -0.25) is 19.4 Å². The van der Waals surface area contributed by atoms with E-state index in [9.17, 15) is 14.7 Å². The van der Waals surface area contributed by atoms with E-state index in [1.165, 1.54) is 54.5 Å². The van der Waals surface area contributed by atoms with E-state index in [-0.39, 0.29) is 16.7 Å². The third-order valence-electron chi connectivity index (χ3n) is 17.3. The van der Waals surface area contributed by atoms with Crippen LogP contribution in [0.3, 0.4) is 0 Å². The number of anilines is 2. The van der Waals surface area contributed by atoms with E-state index in [1.807, 2.05) is 25.2 Å². The molecule has 3 spiro atoms. The van der Waals surface area contributed by atoms with Gasteiger partial charge in [0.1, 0.15) is 11.6 Å². The molecule has 11 heteroatoms. The summed E-state index contributed by atoms with van der Waals surface area (Å²) < 4.78 is 6.37. The number of hydrogen-bond donors (Lipinski definition) is 1. The first-order chi connectivity index (χ1) is 29.6. The maximum atomic E-state index is 13.6. The highest BCUT2D eigenvalue weighted by Crippen LogP contribution is 2.57. The summed E-state index contributed by atoms with van der Waals surface area (Å²) in [5, 5.41) is 11.8. The molecule has 9 aliphatic rings. The zero-order valence-corrected chi connectivity index (χ0v) is 36.4. The van der Waals surface area contributed by atoms with E-state index in [0.29, 0.717) is 47.0 Å². The van der Waals surface area contributed by atoms with Gasteiger partial charge in [0.2, 0.25) is 5.91 Å². The monoisotopic (exact) mass is 842 g/mol. The minimum absolute atomic E-state index is 0.0774. The van der Waals surface area contributed by atoms with E-state index in [1.54, 1.807) is 4.90 Å². The molecule has 320 valence electrons. The van der Waals surface area contributed by atoms with Crippen molar-refractivity contribution in [2.24, 2.45) is 10.4 Å². The summed E-state index contributed by atoms with van der Waals surface area (Å²) in [4.78, 5) is 42.6. The third kappa shape index (κ3) is 5.94. The standard InChI is InChI=1S/C50H59ClN6O4/c1-53-27-36-35(46(53)60)9-10-37-44(36)61-31-49(37)20-24-55(25-21-49)34-12-18-48(19-13-34)29-56(30-48)42(58)28-54-22-14-32(15-23-54)33-8-11-40-38(26-33)50(16-3-2-4-17-50)47-52-45(59)43-39(51)6-5-7-41(43)57(40)47/h5-11,26,32,34,45,59H,2-4,12-25,27-31H2,1H3. The number of aliphatic imine (C=N–C) groups is 1. The molecule has 1 N–H and O–H groups in total. The van der Waals surface area contributed by atoms with E-state index >= 15 is 0 Å². The Morgan fingerprint density at radius 1 is 0.885 bits per heavy atom. The summed E-state index contributed by atoms with van der Waals surface area (Å²) in [7, 11) is 1.88. The number of aliphatic hydroxyl groups is 1. The number of hydrogen-bond acceptors (Lipinski definition) is 8. The Kier molecular flexibility index (Phi) is 9.06. The van der Waals surface area contributed by atoms with Crippen LogP contribution in [0.5, 0.6) is 5.75 Å². The van der Waals surface area contributed by atoms with Crippen molar-refractivity contribution in [2.45, 2.75) is 119 Å². The van der Waals surface area contributed by atoms with Crippen LogP contribution in [-0.4, -0.2) is 108 Å². The predicted molar refractivity (Wildman–Crippen MR) is 237 cm³/mol. The van der Waals surface area contributed by atoms with Gasteiger partial charge in [0.15, 0.2) is 6.23 Å². The highest BCUT2D eigenvalue weighted by atomic mass is 35.5. The Morgan fingerprint density at radius 2 is 1.66 bits per heavy atom. The molecular formula is C50H59ClN6O4. The number of fused-ring (bicyclic) bond motifs is 11. The number of nitrogens with zero attached hydrogens (tertiary/aromatic N) is 6. The smallest absolute Gasteiger partial charge is 0.254 e. The molecule has 3 saturated heterocycles. The topological polar surface area (TPSA) is 92.2 Å². The van der Waals surface area contributed by atoms with Crippen molar-refractivity contribution in [3.05, 3.63) is 86.9 Å². The number of ether oxygens (including phenoxy) is 1. The zero-order chi connectivity index (χ0) is 41.3. The van der Waals surface area contributed by atoms with Crippen molar-refractivity contribution in [3.63, 3.8) is 0 Å². The number of likely N-dealkylation sites (tertiary alicyclic amines) is 3. The fraction of sp³-hybridized carbons (Fsp3) is 0.580.